The molecule has 1 aliphatic rings. The molecule has 1 fully saturated rings. The molecule has 1 heterocycles. The van der Waals surface area contributed by atoms with Crippen LogP contribution in [-0.4, -0.2) is 26.2 Å². The normalized spacial score (nSPS) is 16.5. The number of amides is 1. The van der Waals surface area contributed by atoms with Gasteiger partial charge in [-0.25, -0.2) is 0 Å². The van der Waals surface area contributed by atoms with Crippen LogP contribution in [0.25, 0.3) is 0 Å². The van der Waals surface area contributed by atoms with Gasteiger partial charge < -0.3 is 14.8 Å². The van der Waals surface area contributed by atoms with E-state index >= 15 is 0 Å². The van der Waals surface area contributed by atoms with Gasteiger partial charge in [0.2, 0.25) is 5.91 Å². The van der Waals surface area contributed by atoms with Gasteiger partial charge >= 0.3 is 6.18 Å². The van der Waals surface area contributed by atoms with E-state index in [4.69, 9.17) is 21.1 Å². The lowest BCUT2D eigenvalue weighted by Crippen LogP contribution is -2.45. The maximum Gasteiger partial charge on any atom is 0.420 e. The highest BCUT2D eigenvalue weighted by Gasteiger charge is 2.43. The lowest BCUT2D eigenvalue weighted by atomic mass is 9.73. The number of carbonyl (C=O) groups excluding carboxylic acids is 1. The quantitative estimate of drug-likeness (QED) is 0.762. The minimum atomic E-state index is -4.61. The van der Waals surface area contributed by atoms with Gasteiger partial charge in [0, 0.05) is 23.9 Å². The molecule has 1 aliphatic heterocycles. The Hall–Kier alpha value is -2.25. The number of rotatable bonds is 4. The molecule has 0 spiro atoms. The first kappa shape index (κ1) is 20.5. The molecule has 150 valence electrons. The third-order valence-electron chi connectivity index (χ3n) is 4.93. The van der Waals surface area contributed by atoms with E-state index in [1.165, 1.54) is 12.1 Å². The van der Waals surface area contributed by atoms with Crippen LogP contribution >= 0.6 is 11.6 Å². The Bertz CT molecular complexity index is 864. The molecule has 0 bridgehead atoms. The molecule has 4 nitrogen and oxygen atoms in total. The highest BCUT2D eigenvalue weighted by atomic mass is 35.5. The van der Waals surface area contributed by atoms with Crippen LogP contribution in [-0.2, 0) is 21.1 Å². The van der Waals surface area contributed by atoms with Crippen LogP contribution in [0.4, 0.5) is 18.9 Å². The molecule has 0 radical (unpaired) electrons. The van der Waals surface area contributed by atoms with Gasteiger partial charge in [-0.3, -0.25) is 4.79 Å². The maximum absolute atomic E-state index is 13.3. The average Bonchev–Trinajstić information content (AvgIpc) is 2.68. The zero-order chi connectivity index (χ0) is 20.4. The minimum Gasteiger partial charge on any atom is -0.496 e. The molecule has 28 heavy (non-hydrogen) atoms. The zero-order valence-electron chi connectivity index (χ0n) is 15.1. The second kappa shape index (κ2) is 8.01. The highest BCUT2D eigenvalue weighted by molar-refractivity contribution is 6.31. The lowest BCUT2D eigenvalue weighted by molar-refractivity contribution is -0.138. The van der Waals surface area contributed by atoms with Gasteiger partial charge in [-0.1, -0.05) is 29.8 Å². The molecular weight excluding hydrogens is 395 g/mol. The number of alkyl halides is 3. The van der Waals surface area contributed by atoms with Crippen molar-refractivity contribution in [1.29, 1.82) is 0 Å². The standard InChI is InChI=1S/C20H19ClF3NO3/c1-27-17-7-6-13(12-15(17)20(22,23)24)25-18(26)19(8-10-28-11-9-19)14-4-2-3-5-16(14)21/h2-7,12H,8-11H2,1H3,(H,25,26). The van der Waals surface area contributed by atoms with Crippen LogP contribution in [0.2, 0.25) is 5.02 Å². The second-order valence-electron chi connectivity index (χ2n) is 6.54. The summed E-state index contributed by atoms with van der Waals surface area (Å²) in [5.74, 6) is -0.723. The number of carbonyl (C=O) groups is 1. The van der Waals surface area contributed by atoms with Gasteiger partial charge in [0.15, 0.2) is 0 Å². The van der Waals surface area contributed by atoms with Crippen molar-refractivity contribution in [2.75, 3.05) is 25.6 Å². The van der Waals surface area contributed by atoms with E-state index in [0.717, 1.165) is 13.2 Å². The van der Waals surface area contributed by atoms with Crippen molar-refractivity contribution >= 4 is 23.2 Å². The Morgan fingerprint density at radius 1 is 1.18 bits per heavy atom. The predicted molar refractivity (Wildman–Crippen MR) is 99.8 cm³/mol. The monoisotopic (exact) mass is 413 g/mol. The molecule has 0 aliphatic carbocycles. The number of halogens is 4. The van der Waals surface area contributed by atoms with Gasteiger partial charge in [0.1, 0.15) is 5.75 Å². The summed E-state index contributed by atoms with van der Waals surface area (Å²) in [5.41, 5.74) is -1.25. The Balaban J connectivity index is 1.97. The zero-order valence-corrected chi connectivity index (χ0v) is 15.9. The minimum absolute atomic E-state index is 0.0380. The smallest absolute Gasteiger partial charge is 0.420 e. The fraction of sp³-hybridized carbons (Fsp3) is 0.350. The summed E-state index contributed by atoms with van der Waals surface area (Å²) in [7, 11) is 1.16. The summed E-state index contributed by atoms with van der Waals surface area (Å²) < 4.78 is 50.0. The summed E-state index contributed by atoms with van der Waals surface area (Å²) in [4.78, 5) is 13.2. The topological polar surface area (TPSA) is 47.6 Å². The van der Waals surface area contributed by atoms with Gasteiger partial charge in [0.05, 0.1) is 18.1 Å². The largest absolute Gasteiger partial charge is 0.496 e. The van der Waals surface area contributed by atoms with Gasteiger partial charge in [-0.05, 0) is 42.7 Å². The number of nitrogens with one attached hydrogen (secondary N) is 1. The van der Waals surface area contributed by atoms with E-state index in [-0.39, 0.29) is 11.4 Å². The third kappa shape index (κ3) is 3.95. The molecule has 2 aromatic carbocycles. The van der Waals surface area contributed by atoms with Crippen molar-refractivity contribution in [1.82, 2.24) is 0 Å². The van der Waals surface area contributed by atoms with E-state index < -0.39 is 23.1 Å². The van der Waals surface area contributed by atoms with Gasteiger partial charge in [-0.2, -0.15) is 13.2 Å². The molecule has 0 saturated carbocycles. The van der Waals surface area contributed by atoms with Crippen molar-refractivity contribution in [3.63, 3.8) is 0 Å². The number of hydrogen-bond donors (Lipinski definition) is 1. The first-order valence-electron chi connectivity index (χ1n) is 8.67. The van der Waals surface area contributed by atoms with Crippen molar-refractivity contribution < 1.29 is 27.4 Å². The molecule has 1 saturated heterocycles. The number of ether oxygens (including phenoxy) is 2. The van der Waals surface area contributed by atoms with E-state index in [1.807, 2.05) is 0 Å². The van der Waals surface area contributed by atoms with Crippen molar-refractivity contribution in [3.8, 4) is 5.75 Å². The first-order chi connectivity index (χ1) is 13.3. The average molecular weight is 414 g/mol. The summed E-state index contributed by atoms with van der Waals surface area (Å²) in [6, 6.07) is 10.4. The second-order valence-corrected chi connectivity index (χ2v) is 6.95. The highest BCUT2D eigenvalue weighted by Crippen LogP contribution is 2.41. The molecular formula is C20H19ClF3NO3. The summed E-state index contributed by atoms with van der Waals surface area (Å²) in [6.45, 7) is 0.712. The van der Waals surface area contributed by atoms with E-state index in [1.54, 1.807) is 24.3 Å². The van der Waals surface area contributed by atoms with Crippen LogP contribution < -0.4 is 10.1 Å². The number of hydrogen-bond acceptors (Lipinski definition) is 3. The Morgan fingerprint density at radius 3 is 2.46 bits per heavy atom. The SMILES string of the molecule is COc1ccc(NC(=O)C2(c3ccccc3Cl)CCOCC2)cc1C(F)(F)F. The molecule has 3 rings (SSSR count). The Kier molecular flexibility index (Phi) is 5.86. The van der Waals surface area contributed by atoms with Gasteiger partial charge in [-0.15, -0.1) is 0 Å². The summed E-state index contributed by atoms with van der Waals surface area (Å²) in [5, 5.41) is 3.07. The number of methoxy groups -OCH3 is 1. The summed E-state index contributed by atoms with van der Waals surface area (Å²) >= 11 is 6.33. The molecule has 1 N–H and O–H groups in total. The van der Waals surface area contributed by atoms with Gasteiger partial charge in [0.25, 0.3) is 0 Å². The fourth-order valence-electron chi connectivity index (χ4n) is 3.45. The van der Waals surface area contributed by atoms with E-state index in [2.05, 4.69) is 5.32 Å². The summed E-state index contributed by atoms with van der Waals surface area (Å²) in [6.07, 6.45) is -3.85. The molecule has 0 atom stereocenters. The Labute approximate surface area is 165 Å². The van der Waals surface area contributed by atoms with Crippen LogP contribution in [0.3, 0.4) is 0 Å². The van der Waals surface area contributed by atoms with Crippen molar-refractivity contribution in [2.24, 2.45) is 0 Å². The van der Waals surface area contributed by atoms with E-state index in [9.17, 15) is 18.0 Å². The molecule has 0 unspecified atom stereocenters. The van der Waals surface area contributed by atoms with Crippen LogP contribution in [0.15, 0.2) is 42.5 Å². The lowest BCUT2D eigenvalue weighted by Gasteiger charge is -2.36. The van der Waals surface area contributed by atoms with Crippen molar-refractivity contribution in [2.45, 2.75) is 24.4 Å². The number of benzene rings is 2. The molecule has 8 heteroatoms. The fourth-order valence-corrected chi connectivity index (χ4v) is 3.76. The van der Waals surface area contributed by atoms with Crippen LogP contribution in [0, 0.1) is 0 Å². The maximum atomic E-state index is 13.3. The Morgan fingerprint density at radius 2 is 1.86 bits per heavy atom. The third-order valence-corrected chi connectivity index (χ3v) is 5.26. The van der Waals surface area contributed by atoms with Crippen LogP contribution in [0.1, 0.15) is 24.0 Å². The van der Waals surface area contributed by atoms with Crippen molar-refractivity contribution in [3.05, 3.63) is 58.6 Å². The predicted octanol–water partition coefficient (Wildman–Crippen LogP) is 5.05. The van der Waals surface area contributed by atoms with E-state index in [0.29, 0.717) is 36.6 Å². The first-order valence-corrected chi connectivity index (χ1v) is 9.05. The number of anilines is 1. The van der Waals surface area contributed by atoms with Crippen LogP contribution in [0.5, 0.6) is 5.75 Å². The molecule has 1 amide bonds. The molecule has 0 aromatic heterocycles. The molecule has 2 aromatic rings.